The molecule has 0 fully saturated rings. The maximum absolute atomic E-state index is 12.4. The summed E-state index contributed by atoms with van der Waals surface area (Å²) in [7, 11) is 0. The van der Waals surface area contributed by atoms with Gasteiger partial charge in [-0.15, -0.1) is 0 Å². The number of anilines is 3. The minimum atomic E-state index is -0.286. The standard InChI is InChI=1S/C18H15ClN4O/c1-12-20-16(18(24)23-14-5-3-2-4-6-14)11-17(21-12)22-15-9-7-13(19)8-10-15/h2-11H,1H3,(H,23,24)(H,20,21,22). The first kappa shape index (κ1) is 16.0. The average Bonchev–Trinajstić information content (AvgIpc) is 2.57. The van der Waals surface area contributed by atoms with Gasteiger partial charge < -0.3 is 10.6 Å². The summed E-state index contributed by atoms with van der Waals surface area (Å²) in [4.78, 5) is 20.9. The van der Waals surface area contributed by atoms with Crippen LogP contribution in [0.3, 0.4) is 0 Å². The molecule has 3 aromatic rings. The maximum Gasteiger partial charge on any atom is 0.274 e. The normalized spacial score (nSPS) is 10.2. The second-order valence-corrected chi connectivity index (χ2v) is 5.57. The first-order valence-electron chi connectivity index (χ1n) is 7.35. The molecule has 0 aliphatic heterocycles. The highest BCUT2D eigenvalue weighted by molar-refractivity contribution is 6.30. The zero-order chi connectivity index (χ0) is 16.9. The van der Waals surface area contributed by atoms with E-state index in [-0.39, 0.29) is 5.91 Å². The second-order valence-electron chi connectivity index (χ2n) is 5.14. The summed E-state index contributed by atoms with van der Waals surface area (Å²) < 4.78 is 0. The van der Waals surface area contributed by atoms with Crippen molar-refractivity contribution in [3.63, 3.8) is 0 Å². The van der Waals surface area contributed by atoms with Crippen LogP contribution in [0, 0.1) is 6.92 Å². The predicted molar refractivity (Wildman–Crippen MR) is 95.9 cm³/mol. The van der Waals surface area contributed by atoms with Gasteiger partial charge >= 0.3 is 0 Å². The summed E-state index contributed by atoms with van der Waals surface area (Å²) >= 11 is 5.88. The van der Waals surface area contributed by atoms with Crippen LogP contribution in [0.25, 0.3) is 0 Å². The van der Waals surface area contributed by atoms with Crippen molar-refractivity contribution in [3.05, 3.63) is 77.2 Å². The molecule has 0 saturated carbocycles. The van der Waals surface area contributed by atoms with Crippen molar-refractivity contribution >= 4 is 34.7 Å². The van der Waals surface area contributed by atoms with Gasteiger partial charge in [0.05, 0.1) is 0 Å². The quantitative estimate of drug-likeness (QED) is 0.738. The summed E-state index contributed by atoms with van der Waals surface area (Å²) in [6.45, 7) is 1.74. The molecule has 1 heterocycles. The first-order valence-corrected chi connectivity index (χ1v) is 7.72. The van der Waals surface area contributed by atoms with E-state index < -0.39 is 0 Å². The third-order valence-corrected chi connectivity index (χ3v) is 3.47. The Labute approximate surface area is 144 Å². The van der Waals surface area contributed by atoms with Gasteiger partial charge in [-0.25, -0.2) is 9.97 Å². The molecule has 1 amide bonds. The summed E-state index contributed by atoms with van der Waals surface area (Å²) in [6.07, 6.45) is 0. The van der Waals surface area contributed by atoms with Crippen molar-refractivity contribution in [2.45, 2.75) is 6.92 Å². The van der Waals surface area contributed by atoms with Crippen molar-refractivity contribution in [2.24, 2.45) is 0 Å². The lowest BCUT2D eigenvalue weighted by molar-refractivity contribution is 0.102. The van der Waals surface area contributed by atoms with E-state index in [1.807, 2.05) is 42.5 Å². The van der Waals surface area contributed by atoms with Crippen molar-refractivity contribution in [1.82, 2.24) is 9.97 Å². The monoisotopic (exact) mass is 338 g/mol. The number of aryl methyl sites for hydroxylation is 1. The Morgan fingerprint density at radius 2 is 1.67 bits per heavy atom. The molecular formula is C18H15ClN4O. The van der Waals surface area contributed by atoms with E-state index in [9.17, 15) is 4.79 Å². The number of carbonyl (C=O) groups is 1. The molecule has 0 unspecified atom stereocenters. The Balaban J connectivity index is 1.80. The number of halogens is 1. The summed E-state index contributed by atoms with van der Waals surface area (Å²) in [5.41, 5.74) is 1.83. The number of hydrogen-bond acceptors (Lipinski definition) is 4. The highest BCUT2D eigenvalue weighted by atomic mass is 35.5. The van der Waals surface area contributed by atoms with Gasteiger partial charge in [-0.3, -0.25) is 4.79 Å². The van der Waals surface area contributed by atoms with Gasteiger partial charge in [0.15, 0.2) is 0 Å². The molecule has 2 aromatic carbocycles. The molecule has 0 aliphatic rings. The molecule has 0 spiro atoms. The highest BCUT2D eigenvalue weighted by Crippen LogP contribution is 2.18. The molecule has 0 radical (unpaired) electrons. The third-order valence-electron chi connectivity index (χ3n) is 3.22. The number of carbonyl (C=O) groups excluding carboxylic acids is 1. The van der Waals surface area contributed by atoms with Crippen LogP contribution in [-0.4, -0.2) is 15.9 Å². The zero-order valence-electron chi connectivity index (χ0n) is 13.0. The molecule has 0 aliphatic carbocycles. The Morgan fingerprint density at radius 1 is 0.958 bits per heavy atom. The number of benzene rings is 2. The largest absolute Gasteiger partial charge is 0.340 e. The van der Waals surface area contributed by atoms with Crippen molar-refractivity contribution in [2.75, 3.05) is 10.6 Å². The number of amides is 1. The van der Waals surface area contributed by atoms with E-state index in [1.54, 1.807) is 25.1 Å². The Morgan fingerprint density at radius 3 is 2.38 bits per heavy atom. The first-order chi connectivity index (χ1) is 11.6. The lowest BCUT2D eigenvalue weighted by Crippen LogP contribution is -2.15. The van der Waals surface area contributed by atoms with Crippen LogP contribution in [0.2, 0.25) is 5.02 Å². The van der Waals surface area contributed by atoms with Crippen molar-refractivity contribution in [3.8, 4) is 0 Å². The van der Waals surface area contributed by atoms with Gasteiger partial charge in [0, 0.05) is 22.5 Å². The summed E-state index contributed by atoms with van der Waals surface area (Å²) in [5, 5.41) is 6.61. The number of nitrogens with zero attached hydrogens (tertiary/aromatic N) is 2. The van der Waals surface area contributed by atoms with E-state index in [2.05, 4.69) is 20.6 Å². The molecule has 0 saturated heterocycles. The van der Waals surface area contributed by atoms with Gasteiger partial charge in [-0.05, 0) is 43.3 Å². The number of aromatic nitrogens is 2. The van der Waals surface area contributed by atoms with Gasteiger partial charge in [-0.2, -0.15) is 0 Å². The Kier molecular flexibility index (Phi) is 4.72. The molecule has 5 nitrogen and oxygen atoms in total. The predicted octanol–water partition coefficient (Wildman–Crippen LogP) is 4.43. The number of rotatable bonds is 4. The van der Waals surface area contributed by atoms with Gasteiger partial charge in [0.2, 0.25) is 0 Å². The van der Waals surface area contributed by atoms with Gasteiger partial charge in [-0.1, -0.05) is 29.8 Å². The average molecular weight is 339 g/mol. The molecule has 0 atom stereocenters. The Bertz CT molecular complexity index is 851. The molecule has 2 N–H and O–H groups in total. The zero-order valence-corrected chi connectivity index (χ0v) is 13.7. The molecular weight excluding hydrogens is 324 g/mol. The number of para-hydroxylation sites is 1. The summed E-state index contributed by atoms with van der Waals surface area (Å²) in [6, 6.07) is 18.1. The fourth-order valence-corrected chi connectivity index (χ4v) is 2.27. The minimum absolute atomic E-state index is 0.286. The fourth-order valence-electron chi connectivity index (χ4n) is 2.15. The van der Waals surface area contributed by atoms with E-state index >= 15 is 0 Å². The maximum atomic E-state index is 12.4. The van der Waals surface area contributed by atoms with Crippen LogP contribution in [0.4, 0.5) is 17.2 Å². The van der Waals surface area contributed by atoms with Crippen molar-refractivity contribution < 1.29 is 4.79 Å². The molecule has 1 aromatic heterocycles. The lowest BCUT2D eigenvalue weighted by atomic mass is 10.3. The number of hydrogen-bond donors (Lipinski definition) is 2. The molecule has 3 rings (SSSR count). The third kappa shape index (κ3) is 4.08. The lowest BCUT2D eigenvalue weighted by Gasteiger charge is -2.09. The number of nitrogens with one attached hydrogen (secondary N) is 2. The van der Waals surface area contributed by atoms with Gasteiger partial charge in [0.1, 0.15) is 17.3 Å². The SMILES string of the molecule is Cc1nc(Nc2ccc(Cl)cc2)cc(C(=O)Nc2ccccc2)n1. The van der Waals surface area contributed by atoms with Crippen LogP contribution in [0.15, 0.2) is 60.7 Å². The van der Waals surface area contributed by atoms with E-state index in [1.165, 1.54) is 0 Å². The minimum Gasteiger partial charge on any atom is -0.340 e. The van der Waals surface area contributed by atoms with E-state index in [0.717, 1.165) is 5.69 Å². The summed E-state index contributed by atoms with van der Waals surface area (Å²) in [5.74, 6) is 0.765. The van der Waals surface area contributed by atoms with Gasteiger partial charge in [0.25, 0.3) is 5.91 Å². The van der Waals surface area contributed by atoms with Crippen LogP contribution in [0.5, 0.6) is 0 Å². The molecule has 0 bridgehead atoms. The Hall–Kier alpha value is -2.92. The van der Waals surface area contributed by atoms with Crippen LogP contribution in [-0.2, 0) is 0 Å². The van der Waals surface area contributed by atoms with Crippen LogP contribution >= 0.6 is 11.6 Å². The highest BCUT2D eigenvalue weighted by Gasteiger charge is 2.11. The van der Waals surface area contributed by atoms with E-state index in [0.29, 0.717) is 28.0 Å². The van der Waals surface area contributed by atoms with Crippen LogP contribution in [0.1, 0.15) is 16.3 Å². The molecule has 6 heteroatoms. The van der Waals surface area contributed by atoms with E-state index in [4.69, 9.17) is 11.6 Å². The fraction of sp³-hybridized carbons (Fsp3) is 0.0556. The molecule has 120 valence electrons. The topological polar surface area (TPSA) is 66.9 Å². The smallest absolute Gasteiger partial charge is 0.274 e. The second kappa shape index (κ2) is 7.10. The van der Waals surface area contributed by atoms with Crippen molar-refractivity contribution in [1.29, 1.82) is 0 Å². The van der Waals surface area contributed by atoms with Crippen LogP contribution < -0.4 is 10.6 Å². The molecule has 24 heavy (non-hydrogen) atoms.